The number of aliphatic hydroxyl groups is 1. The lowest BCUT2D eigenvalue weighted by molar-refractivity contribution is 0.208. The fourth-order valence-corrected chi connectivity index (χ4v) is 1.77. The Morgan fingerprint density at radius 2 is 1.95 bits per heavy atom. The lowest BCUT2D eigenvalue weighted by Gasteiger charge is -2.15. The Balaban J connectivity index is 2.42. The number of pyridine rings is 1. The second kappa shape index (κ2) is 5.67. The van der Waals surface area contributed by atoms with Crippen LogP contribution in [0.3, 0.4) is 0 Å². The van der Waals surface area contributed by atoms with Crippen molar-refractivity contribution >= 4 is 0 Å². The molecule has 0 amide bonds. The fraction of sp³-hybridized carbons (Fsp3) is 0.214. The molecule has 0 aliphatic carbocycles. The average molecular weight is 263 g/mol. The molecule has 1 atom stereocenters. The third kappa shape index (κ3) is 2.82. The molecule has 0 aliphatic heterocycles. The molecule has 5 heteroatoms. The summed E-state index contributed by atoms with van der Waals surface area (Å²) in [6, 6.07) is 8.97. The predicted octanol–water partition coefficient (Wildman–Crippen LogP) is 2.32. The van der Waals surface area contributed by atoms with Gasteiger partial charge >= 0.3 is 0 Å². The molecular formula is C14H14FNO3. The largest absolute Gasteiger partial charge is 0.496 e. The summed E-state index contributed by atoms with van der Waals surface area (Å²) in [7, 11) is 2.95. The zero-order chi connectivity index (χ0) is 13.8. The topological polar surface area (TPSA) is 51.6 Å². The summed E-state index contributed by atoms with van der Waals surface area (Å²) in [5, 5.41) is 10.3. The molecule has 4 nitrogen and oxygen atoms in total. The number of nitrogens with zero attached hydrogens (tertiary/aromatic N) is 1. The first kappa shape index (κ1) is 13.3. The number of aromatic nitrogens is 1. The Bertz CT molecular complexity index is 574. The molecule has 1 aromatic carbocycles. The highest BCUT2D eigenvalue weighted by Crippen LogP contribution is 2.30. The molecule has 1 heterocycles. The normalized spacial score (nSPS) is 12.0. The minimum atomic E-state index is -1.08. The number of hydrogen-bond acceptors (Lipinski definition) is 4. The van der Waals surface area contributed by atoms with E-state index >= 15 is 0 Å². The number of aliphatic hydroxyl groups excluding tert-OH is 1. The molecule has 0 spiro atoms. The number of benzene rings is 1. The van der Waals surface area contributed by atoms with Crippen LogP contribution in [-0.4, -0.2) is 24.3 Å². The van der Waals surface area contributed by atoms with Crippen LogP contribution in [0.2, 0.25) is 0 Å². The van der Waals surface area contributed by atoms with Crippen molar-refractivity contribution in [2.75, 3.05) is 14.2 Å². The molecule has 1 aromatic heterocycles. The lowest BCUT2D eigenvalue weighted by atomic mass is 10.0. The summed E-state index contributed by atoms with van der Waals surface area (Å²) >= 11 is 0. The van der Waals surface area contributed by atoms with Gasteiger partial charge in [-0.1, -0.05) is 6.07 Å². The Hall–Kier alpha value is -2.14. The van der Waals surface area contributed by atoms with Gasteiger partial charge in [0, 0.05) is 11.6 Å². The zero-order valence-electron chi connectivity index (χ0n) is 10.6. The average Bonchev–Trinajstić information content (AvgIpc) is 2.46. The van der Waals surface area contributed by atoms with Crippen LogP contribution in [0.25, 0.3) is 0 Å². The summed E-state index contributed by atoms with van der Waals surface area (Å²) in [5.74, 6) is 0.336. The molecule has 100 valence electrons. The summed E-state index contributed by atoms with van der Waals surface area (Å²) in [6.45, 7) is 0. The second-order valence-corrected chi connectivity index (χ2v) is 3.89. The number of methoxy groups -OCH3 is 2. The third-order valence-electron chi connectivity index (χ3n) is 2.72. The SMILES string of the molecule is COc1cccc(C(O)c2cc(F)ccc2OC)n1. The van der Waals surface area contributed by atoms with Crippen molar-refractivity contribution in [2.24, 2.45) is 0 Å². The van der Waals surface area contributed by atoms with Gasteiger partial charge in [0.1, 0.15) is 17.7 Å². The van der Waals surface area contributed by atoms with Crippen LogP contribution in [-0.2, 0) is 0 Å². The highest BCUT2D eigenvalue weighted by molar-refractivity contribution is 5.39. The maximum absolute atomic E-state index is 13.3. The fourth-order valence-electron chi connectivity index (χ4n) is 1.77. The molecule has 0 saturated carbocycles. The van der Waals surface area contributed by atoms with Crippen LogP contribution in [0.15, 0.2) is 36.4 Å². The molecule has 0 aliphatic rings. The van der Waals surface area contributed by atoms with Crippen LogP contribution < -0.4 is 9.47 Å². The number of ether oxygens (including phenoxy) is 2. The predicted molar refractivity (Wildman–Crippen MR) is 67.8 cm³/mol. The van der Waals surface area contributed by atoms with Crippen molar-refractivity contribution in [1.82, 2.24) is 4.98 Å². The first-order valence-corrected chi connectivity index (χ1v) is 5.68. The van der Waals surface area contributed by atoms with E-state index in [0.717, 1.165) is 0 Å². The first-order valence-electron chi connectivity index (χ1n) is 5.68. The molecule has 1 N–H and O–H groups in total. The van der Waals surface area contributed by atoms with E-state index in [2.05, 4.69) is 4.98 Å². The number of hydrogen-bond donors (Lipinski definition) is 1. The van der Waals surface area contributed by atoms with Crippen LogP contribution in [0.5, 0.6) is 11.6 Å². The van der Waals surface area contributed by atoms with E-state index in [-0.39, 0.29) is 0 Å². The molecule has 2 aromatic rings. The zero-order valence-corrected chi connectivity index (χ0v) is 10.6. The van der Waals surface area contributed by atoms with Crippen molar-refractivity contribution in [1.29, 1.82) is 0 Å². The molecule has 0 bridgehead atoms. The van der Waals surface area contributed by atoms with Gasteiger partial charge in [-0.2, -0.15) is 0 Å². The number of rotatable bonds is 4. The van der Waals surface area contributed by atoms with Gasteiger partial charge in [0.25, 0.3) is 0 Å². The molecule has 0 radical (unpaired) electrons. The molecule has 0 saturated heterocycles. The Morgan fingerprint density at radius 1 is 1.16 bits per heavy atom. The van der Waals surface area contributed by atoms with Crippen molar-refractivity contribution < 1.29 is 19.0 Å². The van der Waals surface area contributed by atoms with Crippen LogP contribution in [0, 0.1) is 5.82 Å². The van der Waals surface area contributed by atoms with Crippen molar-refractivity contribution in [2.45, 2.75) is 6.10 Å². The monoisotopic (exact) mass is 263 g/mol. The summed E-state index contributed by atoms with van der Waals surface area (Å²) in [6.07, 6.45) is -1.08. The van der Waals surface area contributed by atoms with Gasteiger partial charge in [0.15, 0.2) is 0 Å². The Morgan fingerprint density at radius 3 is 2.63 bits per heavy atom. The number of halogens is 1. The van der Waals surface area contributed by atoms with Crippen molar-refractivity contribution in [3.63, 3.8) is 0 Å². The second-order valence-electron chi connectivity index (χ2n) is 3.89. The lowest BCUT2D eigenvalue weighted by Crippen LogP contribution is -2.05. The van der Waals surface area contributed by atoms with E-state index in [1.54, 1.807) is 18.2 Å². The van der Waals surface area contributed by atoms with Gasteiger partial charge < -0.3 is 14.6 Å². The van der Waals surface area contributed by atoms with E-state index in [1.165, 1.54) is 32.4 Å². The van der Waals surface area contributed by atoms with Crippen LogP contribution >= 0.6 is 0 Å². The van der Waals surface area contributed by atoms with E-state index in [4.69, 9.17) is 9.47 Å². The quantitative estimate of drug-likeness (QED) is 0.919. The first-order chi connectivity index (χ1) is 9.15. The highest BCUT2D eigenvalue weighted by atomic mass is 19.1. The van der Waals surface area contributed by atoms with E-state index in [0.29, 0.717) is 22.9 Å². The maximum atomic E-state index is 13.3. The minimum absolute atomic E-state index is 0.322. The Kier molecular flexibility index (Phi) is 3.97. The molecule has 19 heavy (non-hydrogen) atoms. The Labute approximate surface area is 110 Å². The minimum Gasteiger partial charge on any atom is -0.496 e. The highest BCUT2D eigenvalue weighted by Gasteiger charge is 2.18. The van der Waals surface area contributed by atoms with E-state index in [9.17, 15) is 9.50 Å². The summed E-state index contributed by atoms with van der Waals surface area (Å²) < 4.78 is 23.4. The summed E-state index contributed by atoms with van der Waals surface area (Å²) in [5.41, 5.74) is 0.687. The molecule has 0 fully saturated rings. The molecule has 1 unspecified atom stereocenters. The van der Waals surface area contributed by atoms with E-state index in [1.807, 2.05) is 0 Å². The van der Waals surface area contributed by atoms with Crippen molar-refractivity contribution in [3.05, 3.63) is 53.5 Å². The molecule has 2 rings (SSSR count). The smallest absolute Gasteiger partial charge is 0.213 e. The van der Waals surface area contributed by atoms with E-state index < -0.39 is 11.9 Å². The standard InChI is InChI=1S/C14H14FNO3/c1-18-12-7-6-9(15)8-10(12)14(17)11-4-3-5-13(16-11)19-2/h3-8,14,17H,1-2H3. The van der Waals surface area contributed by atoms with Gasteiger partial charge in [0.2, 0.25) is 5.88 Å². The van der Waals surface area contributed by atoms with Crippen molar-refractivity contribution in [3.8, 4) is 11.6 Å². The van der Waals surface area contributed by atoms with Crippen LogP contribution in [0.1, 0.15) is 17.4 Å². The van der Waals surface area contributed by atoms with Gasteiger partial charge in [-0.3, -0.25) is 0 Å². The summed E-state index contributed by atoms with van der Waals surface area (Å²) in [4.78, 5) is 4.12. The van der Waals surface area contributed by atoms with Gasteiger partial charge in [0.05, 0.1) is 19.9 Å². The van der Waals surface area contributed by atoms with Crippen LogP contribution in [0.4, 0.5) is 4.39 Å². The molecular weight excluding hydrogens is 249 g/mol. The van der Waals surface area contributed by atoms with Gasteiger partial charge in [-0.05, 0) is 24.3 Å². The third-order valence-corrected chi connectivity index (χ3v) is 2.72. The maximum Gasteiger partial charge on any atom is 0.213 e. The van der Waals surface area contributed by atoms with Gasteiger partial charge in [-0.25, -0.2) is 9.37 Å². The van der Waals surface area contributed by atoms with Gasteiger partial charge in [-0.15, -0.1) is 0 Å².